The molecule has 0 bridgehead atoms. The van der Waals surface area contributed by atoms with E-state index in [2.05, 4.69) is 36.5 Å². The molecule has 1 fully saturated rings. The summed E-state index contributed by atoms with van der Waals surface area (Å²) in [5, 5.41) is 4.37. The van der Waals surface area contributed by atoms with Crippen LogP contribution in [0, 0.1) is 6.92 Å². The van der Waals surface area contributed by atoms with E-state index < -0.39 is 0 Å². The largest absolute Gasteiger partial charge is 0.242 e. The molecule has 13 heavy (non-hydrogen) atoms. The molecule has 1 radical (unpaired) electrons. The van der Waals surface area contributed by atoms with Gasteiger partial charge in [-0.25, -0.2) is 5.32 Å². The zero-order chi connectivity index (χ0) is 9.10. The zero-order valence-electron chi connectivity index (χ0n) is 8.16. The molecular weight excluding hydrogens is 158 g/mol. The van der Waals surface area contributed by atoms with Gasteiger partial charge in [0.1, 0.15) is 0 Å². The first-order valence-corrected chi connectivity index (χ1v) is 5.06. The van der Waals surface area contributed by atoms with Gasteiger partial charge in [-0.05, 0) is 31.2 Å². The lowest BCUT2D eigenvalue weighted by Crippen LogP contribution is -2.20. The Kier molecular flexibility index (Phi) is 2.65. The van der Waals surface area contributed by atoms with E-state index in [1.165, 1.54) is 24.0 Å². The van der Waals surface area contributed by atoms with Crippen molar-refractivity contribution in [1.82, 2.24) is 5.32 Å². The van der Waals surface area contributed by atoms with Crippen LogP contribution in [-0.2, 0) is 0 Å². The predicted octanol–water partition coefficient (Wildman–Crippen LogP) is 2.48. The molecule has 0 amide bonds. The van der Waals surface area contributed by atoms with Crippen molar-refractivity contribution >= 4 is 0 Å². The average molecular weight is 174 g/mol. The smallest absolute Gasteiger partial charge is 0.0139 e. The summed E-state index contributed by atoms with van der Waals surface area (Å²) < 4.78 is 0. The van der Waals surface area contributed by atoms with Crippen LogP contribution in [0.15, 0.2) is 24.3 Å². The fourth-order valence-electron chi connectivity index (χ4n) is 1.92. The summed E-state index contributed by atoms with van der Waals surface area (Å²) in [6.07, 6.45) is 2.48. The van der Waals surface area contributed by atoms with Crippen molar-refractivity contribution in [2.45, 2.75) is 25.7 Å². The van der Waals surface area contributed by atoms with Crippen LogP contribution in [0.5, 0.6) is 0 Å². The summed E-state index contributed by atoms with van der Waals surface area (Å²) in [4.78, 5) is 0. The first kappa shape index (κ1) is 8.76. The van der Waals surface area contributed by atoms with Gasteiger partial charge >= 0.3 is 0 Å². The van der Waals surface area contributed by atoms with Gasteiger partial charge in [-0.3, -0.25) is 0 Å². The van der Waals surface area contributed by atoms with Gasteiger partial charge in [0.25, 0.3) is 0 Å². The molecule has 2 rings (SSSR count). The quantitative estimate of drug-likeness (QED) is 0.621. The molecule has 1 saturated heterocycles. The van der Waals surface area contributed by atoms with Crippen molar-refractivity contribution in [3.05, 3.63) is 35.4 Å². The molecule has 0 atom stereocenters. The molecule has 0 aromatic heterocycles. The van der Waals surface area contributed by atoms with Crippen molar-refractivity contribution in [3.8, 4) is 0 Å². The van der Waals surface area contributed by atoms with Crippen molar-refractivity contribution in [2.75, 3.05) is 13.1 Å². The lowest BCUT2D eigenvalue weighted by Gasteiger charge is -2.21. The molecule has 0 spiro atoms. The summed E-state index contributed by atoms with van der Waals surface area (Å²) in [5.74, 6) is 0.762. The molecule has 1 aromatic rings. The Balaban J connectivity index is 2.10. The first-order chi connectivity index (χ1) is 6.36. The fourth-order valence-corrected chi connectivity index (χ4v) is 1.92. The van der Waals surface area contributed by atoms with Crippen LogP contribution in [0.1, 0.15) is 29.9 Å². The lowest BCUT2D eigenvalue weighted by molar-refractivity contribution is 0.453. The highest BCUT2D eigenvalue weighted by atomic mass is 14.9. The number of nitrogens with zero attached hydrogens (tertiary/aromatic N) is 1. The molecule has 1 aromatic carbocycles. The molecule has 0 N–H and O–H groups in total. The molecule has 1 heterocycles. The minimum absolute atomic E-state index is 0.762. The number of piperidine rings is 1. The van der Waals surface area contributed by atoms with Crippen molar-refractivity contribution in [2.24, 2.45) is 0 Å². The molecule has 0 aliphatic carbocycles. The van der Waals surface area contributed by atoms with E-state index >= 15 is 0 Å². The predicted molar refractivity (Wildman–Crippen MR) is 55.0 cm³/mol. The van der Waals surface area contributed by atoms with E-state index in [9.17, 15) is 0 Å². The van der Waals surface area contributed by atoms with Crippen molar-refractivity contribution in [3.63, 3.8) is 0 Å². The molecular formula is C12H16N. The Morgan fingerprint density at radius 1 is 1.08 bits per heavy atom. The van der Waals surface area contributed by atoms with Crippen LogP contribution >= 0.6 is 0 Å². The second-order valence-electron chi connectivity index (χ2n) is 3.86. The Labute approximate surface area is 80.2 Å². The topological polar surface area (TPSA) is 14.1 Å². The van der Waals surface area contributed by atoms with E-state index in [-0.39, 0.29) is 0 Å². The summed E-state index contributed by atoms with van der Waals surface area (Å²) in [7, 11) is 0. The van der Waals surface area contributed by atoms with E-state index in [1.54, 1.807) is 0 Å². The third kappa shape index (κ3) is 2.10. The van der Waals surface area contributed by atoms with Gasteiger partial charge in [0.15, 0.2) is 0 Å². The zero-order valence-corrected chi connectivity index (χ0v) is 8.16. The Morgan fingerprint density at radius 3 is 2.31 bits per heavy atom. The van der Waals surface area contributed by atoms with Gasteiger partial charge in [-0.1, -0.05) is 29.8 Å². The number of rotatable bonds is 1. The lowest BCUT2D eigenvalue weighted by atomic mass is 9.90. The number of aryl methyl sites for hydroxylation is 1. The highest BCUT2D eigenvalue weighted by molar-refractivity contribution is 5.24. The van der Waals surface area contributed by atoms with Gasteiger partial charge in [0.05, 0.1) is 0 Å². The van der Waals surface area contributed by atoms with Gasteiger partial charge in [-0.2, -0.15) is 0 Å². The maximum absolute atomic E-state index is 4.37. The molecule has 1 aliphatic rings. The van der Waals surface area contributed by atoms with Crippen LogP contribution < -0.4 is 5.32 Å². The highest BCUT2D eigenvalue weighted by Gasteiger charge is 2.14. The summed E-state index contributed by atoms with van der Waals surface area (Å²) in [6.45, 7) is 4.25. The Hall–Kier alpha value is -0.820. The first-order valence-electron chi connectivity index (χ1n) is 5.06. The van der Waals surface area contributed by atoms with E-state index in [1.807, 2.05) is 0 Å². The van der Waals surface area contributed by atoms with Crippen LogP contribution in [0.4, 0.5) is 0 Å². The minimum Gasteiger partial charge on any atom is -0.242 e. The second-order valence-corrected chi connectivity index (χ2v) is 3.86. The van der Waals surface area contributed by atoms with Gasteiger partial charge in [-0.15, -0.1) is 0 Å². The normalized spacial score (nSPS) is 18.8. The van der Waals surface area contributed by atoms with Crippen molar-refractivity contribution in [1.29, 1.82) is 0 Å². The second kappa shape index (κ2) is 3.93. The van der Waals surface area contributed by atoms with E-state index in [0.717, 1.165) is 19.0 Å². The van der Waals surface area contributed by atoms with Crippen LogP contribution in [0.25, 0.3) is 0 Å². The van der Waals surface area contributed by atoms with Crippen LogP contribution in [0.3, 0.4) is 0 Å². The maximum Gasteiger partial charge on any atom is 0.0139 e. The van der Waals surface area contributed by atoms with Gasteiger partial charge in [0.2, 0.25) is 0 Å². The van der Waals surface area contributed by atoms with E-state index in [0.29, 0.717) is 0 Å². The number of hydrogen-bond donors (Lipinski definition) is 0. The average Bonchev–Trinajstić information content (AvgIpc) is 2.20. The third-order valence-electron chi connectivity index (χ3n) is 2.82. The molecule has 1 nitrogen and oxygen atoms in total. The molecule has 69 valence electrons. The number of hydrogen-bond acceptors (Lipinski definition) is 0. The molecule has 1 heteroatoms. The van der Waals surface area contributed by atoms with Gasteiger partial charge in [0, 0.05) is 13.1 Å². The fraction of sp³-hybridized carbons (Fsp3) is 0.500. The third-order valence-corrected chi connectivity index (χ3v) is 2.82. The van der Waals surface area contributed by atoms with Crippen LogP contribution in [-0.4, -0.2) is 13.1 Å². The maximum atomic E-state index is 4.37. The molecule has 0 saturated carbocycles. The Bertz CT molecular complexity index is 257. The Morgan fingerprint density at radius 2 is 1.69 bits per heavy atom. The van der Waals surface area contributed by atoms with E-state index in [4.69, 9.17) is 0 Å². The molecule has 1 aliphatic heterocycles. The SMILES string of the molecule is Cc1ccc(C2CC[N]CC2)cc1. The minimum atomic E-state index is 0.762. The summed E-state index contributed by atoms with van der Waals surface area (Å²) in [5.41, 5.74) is 2.85. The summed E-state index contributed by atoms with van der Waals surface area (Å²) >= 11 is 0. The highest BCUT2D eigenvalue weighted by Crippen LogP contribution is 2.25. The monoisotopic (exact) mass is 174 g/mol. The number of benzene rings is 1. The van der Waals surface area contributed by atoms with Crippen LogP contribution in [0.2, 0.25) is 0 Å². The van der Waals surface area contributed by atoms with Gasteiger partial charge < -0.3 is 0 Å². The summed E-state index contributed by atoms with van der Waals surface area (Å²) in [6, 6.07) is 8.96. The molecule has 0 unspecified atom stereocenters. The standard InChI is InChI=1S/C12H16N/c1-10-2-4-11(5-3-10)12-6-8-13-9-7-12/h2-5,12H,6-9H2,1H3. The van der Waals surface area contributed by atoms with Crippen molar-refractivity contribution < 1.29 is 0 Å².